The number of pyridine rings is 1. The van der Waals surface area contributed by atoms with Crippen molar-refractivity contribution in [3.63, 3.8) is 0 Å². The van der Waals surface area contributed by atoms with E-state index in [2.05, 4.69) is 26.6 Å². The number of ether oxygens (including phenoxy) is 1. The van der Waals surface area contributed by atoms with E-state index < -0.39 is 0 Å². The second-order valence-corrected chi connectivity index (χ2v) is 5.55. The summed E-state index contributed by atoms with van der Waals surface area (Å²) in [7, 11) is 1.84. The minimum absolute atomic E-state index is 0.00336. The lowest BCUT2D eigenvalue weighted by atomic mass is 10.1. The van der Waals surface area contributed by atoms with Gasteiger partial charge >= 0.3 is 0 Å². The first-order valence-corrected chi connectivity index (χ1v) is 7.93. The summed E-state index contributed by atoms with van der Waals surface area (Å²) in [5.41, 5.74) is 1.98. The van der Waals surface area contributed by atoms with E-state index >= 15 is 0 Å². The van der Waals surface area contributed by atoms with Crippen LogP contribution in [0.5, 0.6) is 0 Å². The topological polar surface area (TPSA) is 66.5 Å². The number of aromatic nitrogens is 1. The van der Waals surface area contributed by atoms with Crippen molar-refractivity contribution in [3.05, 3.63) is 30.6 Å². The zero-order chi connectivity index (χ0) is 16.1. The molecule has 1 aromatic heterocycles. The van der Waals surface area contributed by atoms with E-state index in [4.69, 9.17) is 4.74 Å². The molecule has 1 amide bonds. The molecular formula is C17H22N4O2. The maximum atomic E-state index is 12.0. The van der Waals surface area contributed by atoms with E-state index in [1.54, 1.807) is 6.20 Å². The number of hydrogen-bond donors (Lipinski definition) is 2. The van der Waals surface area contributed by atoms with E-state index in [0.29, 0.717) is 13.0 Å². The number of fused-ring (bicyclic) bond motifs is 1. The maximum absolute atomic E-state index is 12.0. The molecule has 0 radical (unpaired) electrons. The molecule has 23 heavy (non-hydrogen) atoms. The van der Waals surface area contributed by atoms with Gasteiger partial charge in [0.25, 0.3) is 0 Å². The number of amides is 1. The predicted octanol–water partition coefficient (Wildman–Crippen LogP) is 1.62. The number of nitrogens with zero attached hydrogens (tertiary/aromatic N) is 2. The van der Waals surface area contributed by atoms with E-state index in [9.17, 15) is 4.79 Å². The van der Waals surface area contributed by atoms with Crippen molar-refractivity contribution in [2.45, 2.75) is 6.42 Å². The first-order chi connectivity index (χ1) is 11.3. The Bertz CT molecular complexity index is 683. The van der Waals surface area contributed by atoms with E-state index in [0.717, 1.165) is 42.8 Å². The van der Waals surface area contributed by atoms with Gasteiger partial charge in [-0.25, -0.2) is 0 Å². The van der Waals surface area contributed by atoms with Crippen LogP contribution in [0.4, 0.5) is 11.4 Å². The molecule has 0 aliphatic carbocycles. The molecule has 0 bridgehead atoms. The second kappa shape index (κ2) is 7.39. The Morgan fingerprint density at radius 3 is 2.87 bits per heavy atom. The van der Waals surface area contributed by atoms with Gasteiger partial charge in [0.05, 0.1) is 18.9 Å². The van der Waals surface area contributed by atoms with Gasteiger partial charge in [-0.05, 0) is 25.2 Å². The Hall–Kier alpha value is -2.18. The van der Waals surface area contributed by atoms with Crippen LogP contribution in [-0.2, 0) is 9.53 Å². The zero-order valence-electron chi connectivity index (χ0n) is 13.3. The fraction of sp³-hybridized carbons (Fsp3) is 0.412. The zero-order valence-corrected chi connectivity index (χ0v) is 13.3. The van der Waals surface area contributed by atoms with Crippen molar-refractivity contribution < 1.29 is 9.53 Å². The van der Waals surface area contributed by atoms with Gasteiger partial charge in [-0.2, -0.15) is 0 Å². The molecule has 1 fully saturated rings. The molecule has 1 aliphatic heterocycles. The number of carbonyl (C=O) groups is 1. The monoisotopic (exact) mass is 314 g/mol. The lowest BCUT2D eigenvalue weighted by molar-refractivity contribution is -0.116. The molecule has 0 unspecified atom stereocenters. The summed E-state index contributed by atoms with van der Waals surface area (Å²) in [4.78, 5) is 18.5. The van der Waals surface area contributed by atoms with Gasteiger partial charge in [-0.3, -0.25) is 9.78 Å². The normalized spacial score (nSPS) is 14.9. The van der Waals surface area contributed by atoms with Crippen LogP contribution in [0, 0.1) is 0 Å². The summed E-state index contributed by atoms with van der Waals surface area (Å²) >= 11 is 0. The summed E-state index contributed by atoms with van der Waals surface area (Å²) in [6, 6.07) is 6.04. The molecule has 0 spiro atoms. The molecule has 2 N–H and O–H groups in total. The quantitative estimate of drug-likeness (QED) is 0.878. The van der Waals surface area contributed by atoms with Crippen LogP contribution in [0.3, 0.4) is 0 Å². The van der Waals surface area contributed by atoms with Gasteiger partial charge in [0, 0.05) is 54.9 Å². The van der Waals surface area contributed by atoms with E-state index in [-0.39, 0.29) is 5.91 Å². The van der Waals surface area contributed by atoms with Crippen molar-refractivity contribution in [1.82, 2.24) is 10.3 Å². The van der Waals surface area contributed by atoms with Crippen LogP contribution in [-0.4, -0.2) is 50.8 Å². The molecule has 122 valence electrons. The number of morpholine rings is 1. The van der Waals surface area contributed by atoms with Gasteiger partial charge in [0.2, 0.25) is 5.91 Å². The van der Waals surface area contributed by atoms with Crippen LogP contribution >= 0.6 is 0 Å². The predicted molar refractivity (Wildman–Crippen MR) is 91.9 cm³/mol. The minimum atomic E-state index is 0.00336. The van der Waals surface area contributed by atoms with Gasteiger partial charge < -0.3 is 20.3 Å². The highest BCUT2D eigenvalue weighted by Gasteiger charge is 2.16. The SMILES string of the molecule is CNCCC(=O)Nc1ccc(N2CCOCC2)c2ccncc12. The van der Waals surface area contributed by atoms with Gasteiger partial charge in [-0.1, -0.05) is 0 Å². The number of hydrogen-bond acceptors (Lipinski definition) is 5. The number of nitrogens with one attached hydrogen (secondary N) is 2. The molecule has 3 rings (SSSR count). The summed E-state index contributed by atoms with van der Waals surface area (Å²) in [6.45, 7) is 3.91. The fourth-order valence-corrected chi connectivity index (χ4v) is 2.81. The van der Waals surface area contributed by atoms with E-state index in [1.165, 1.54) is 5.69 Å². The third kappa shape index (κ3) is 3.60. The molecule has 6 heteroatoms. The summed E-state index contributed by atoms with van der Waals surface area (Å²) in [5, 5.41) is 8.04. The molecule has 0 saturated carbocycles. The van der Waals surface area contributed by atoms with E-state index in [1.807, 2.05) is 25.4 Å². The molecular weight excluding hydrogens is 292 g/mol. The van der Waals surface area contributed by atoms with Crippen LogP contribution < -0.4 is 15.5 Å². The molecule has 6 nitrogen and oxygen atoms in total. The summed E-state index contributed by atoms with van der Waals surface area (Å²) in [6.07, 6.45) is 4.05. The maximum Gasteiger partial charge on any atom is 0.225 e. The number of benzene rings is 1. The summed E-state index contributed by atoms with van der Waals surface area (Å²) < 4.78 is 5.43. The van der Waals surface area contributed by atoms with Crippen molar-refractivity contribution >= 4 is 28.1 Å². The van der Waals surface area contributed by atoms with Gasteiger partial charge in [0.1, 0.15) is 0 Å². The molecule has 1 aliphatic rings. The molecule has 2 aromatic rings. The van der Waals surface area contributed by atoms with Crippen LogP contribution in [0.15, 0.2) is 30.6 Å². The van der Waals surface area contributed by atoms with Gasteiger partial charge in [0.15, 0.2) is 0 Å². The second-order valence-electron chi connectivity index (χ2n) is 5.55. The Morgan fingerprint density at radius 2 is 2.09 bits per heavy atom. The summed E-state index contributed by atoms with van der Waals surface area (Å²) in [5.74, 6) is 0.00336. The lowest BCUT2D eigenvalue weighted by Crippen LogP contribution is -2.36. The number of rotatable bonds is 5. The third-order valence-electron chi connectivity index (χ3n) is 4.02. The minimum Gasteiger partial charge on any atom is -0.378 e. The molecule has 1 saturated heterocycles. The molecule has 2 heterocycles. The Balaban J connectivity index is 1.90. The van der Waals surface area contributed by atoms with Crippen molar-refractivity contribution in [1.29, 1.82) is 0 Å². The Kier molecular flexibility index (Phi) is 5.05. The highest BCUT2D eigenvalue weighted by molar-refractivity contribution is 6.06. The van der Waals surface area contributed by atoms with Crippen LogP contribution in [0.1, 0.15) is 6.42 Å². The first-order valence-electron chi connectivity index (χ1n) is 7.93. The third-order valence-corrected chi connectivity index (χ3v) is 4.02. The Labute approximate surface area is 135 Å². The standard InChI is InChI=1S/C17H22N4O2/c1-18-6-5-17(22)20-15-2-3-16(21-8-10-23-11-9-21)13-4-7-19-12-14(13)15/h2-4,7,12,18H,5-6,8-11H2,1H3,(H,20,22). The smallest absolute Gasteiger partial charge is 0.225 e. The van der Waals surface area contributed by atoms with Crippen molar-refractivity contribution in [3.8, 4) is 0 Å². The average Bonchev–Trinajstić information content (AvgIpc) is 2.61. The number of carbonyl (C=O) groups excluding carboxylic acids is 1. The first kappa shape index (κ1) is 15.7. The molecule has 1 aromatic carbocycles. The van der Waals surface area contributed by atoms with Crippen molar-refractivity contribution in [2.75, 3.05) is 50.1 Å². The lowest BCUT2D eigenvalue weighted by Gasteiger charge is -2.30. The van der Waals surface area contributed by atoms with Crippen LogP contribution in [0.25, 0.3) is 10.8 Å². The fourth-order valence-electron chi connectivity index (χ4n) is 2.81. The highest BCUT2D eigenvalue weighted by Crippen LogP contribution is 2.32. The van der Waals surface area contributed by atoms with Gasteiger partial charge in [-0.15, -0.1) is 0 Å². The van der Waals surface area contributed by atoms with Crippen molar-refractivity contribution in [2.24, 2.45) is 0 Å². The largest absolute Gasteiger partial charge is 0.378 e. The highest BCUT2D eigenvalue weighted by atomic mass is 16.5. The molecule has 0 atom stereocenters. The van der Waals surface area contributed by atoms with Crippen LogP contribution in [0.2, 0.25) is 0 Å². The average molecular weight is 314 g/mol. The number of anilines is 2. The Morgan fingerprint density at radius 1 is 1.26 bits per heavy atom.